The molecule has 3 nitrogen and oxygen atoms in total. The SMILES string of the molecule is Cc1cc(CBr)cnc1Oc1ccc(CC#N)cc1. The van der Waals surface area contributed by atoms with Crippen molar-refractivity contribution in [2.75, 3.05) is 0 Å². The number of halogens is 1. The smallest absolute Gasteiger partial charge is 0.222 e. The number of hydrogen-bond acceptors (Lipinski definition) is 3. The molecule has 1 aromatic carbocycles. The summed E-state index contributed by atoms with van der Waals surface area (Å²) in [6.45, 7) is 1.97. The number of ether oxygens (including phenoxy) is 1. The van der Waals surface area contributed by atoms with Crippen LogP contribution in [0.5, 0.6) is 11.6 Å². The van der Waals surface area contributed by atoms with Gasteiger partial charge in [0.2, 0.25) is 5.88 Å². The molecule has 1 aromatic heterocycles. The second-order valence-electron chi connectivity index (χ2n) is 4.18. The third-order valence-electron chi connectivity index (χ3n) is 2.66. The maximum absolute atomic E-state index is 8.61. The first-order valence-corrected chi connectivity index (χ1v) is 7.00. The predicted molar refractivity (Wildman–Crippen MR) is 77.4 cm³/mol. The van der Waals surface area contributed by atoms with Crippen molar-refractivity contribution in [2.45, 2.75) is 18.7 Å². The van der Waals surface area contributed by atoms with Crippen molar-refractivity contribution in [3.05, 3.63) is 53.2 Å². The number of pyridine rings is 1. The van der Waals surface area contributed by atoms with E-state index in [-0.39, 0.29) is 0 Å². The maximum atomic E-state index is 8.61. The van der Waals surface area contributed by atoms with Gasteiger partial charge in [0.1, 0.15) is 5.75 Å². The highest BCUT2D eigenvalue weighted by Gasteiger charge is 2.04. The molecule has 0 radical (unpaired) electrons. The Morgan fingerprint density at radius 2 is 2.00 bits per heavy atom. The van der Waals surface area contributed by atoms with Gasteiger partial charge in [0.05, 0.1) is 12.5 Å². The van der Waals surface area contributed by atoms with Crippen LogP contribution < -0.4 is 4.74 Å². The third-order valence-corrected chi connectivity index (χ3v) is 3.31. The van der Waals surface area contributed by atoms with E-state index in [4.69, 9.17) is 10.00 Å². The lowest BCUT2D eigenvalue weighted by Gasteiger charge is -2.08. The van der Waals surface area contributed by atoms with Crippen LogP contribution in [0.2, 0.25) is 0 Å². The first-order valence-electron chi connectivity index (χ1n) is 5.88. The average Bonchev–Trinajstić information content (AvgIpc) is 2.43. The Morgan fingerprint density at radius 1 is 1.26 bits per heavy atom. The fraction of sp³-hybridized carbons (Fsp3) is 0.200. The molecule has 0 aliphatic heterocycles. The van der Waals surface area contributed by atoms with Crippen molar-refractivity contribution in [3.63, 3.8) is 0 Å². The molecule has 1 heterocycles. The van der Waals surface area contributed by atoms with E-state index < -0.39 is 0 Å². The first-order chi connectivity index (χ1) is 9.22. The van der Waals surface area contributed by atoms with Crippen LogP contribution in [0.15, 0.2) is 36.5 Å². The molecule has 0 amide bonds. The highest BCUT2D eigenvalue weighted by atomic mass is 79.9. The molecule has 0 atom stereocenters. The van der Waals surface area contributed by atoms with Gasteiger partial charge in [0.25, 0.3) is 0 Å². The third kappa shape index (κ3) is 3.55. The zero-order valence-electron chi connectivity index (χ0n) is 10.6. The summed E-state index contributed by atoms with van der Waals surface area (Å²) >= 11 is 3.40. The van der Waals surface area contributed by atoms with Crippen LogP contribution in [0.4, 0.5) is 0 Å². The Labute approximate surface area is 121 Å². The van der Waals surface area contributed by atoms with E-state index in [2.05, 4.69) is 27.0 Å². The fourth-order valence-corrected chi connectivity index (χ4v) is 1.99. The van der Waals surface area contributed by atoms with Crippen molar-refractivity contribution in [1.82, 2.24) is 4.98 Å². The summed E-state index contributed by atoms with van der Waals surface area (Å²) in [5.41, 5.74) is 3.10. The summed E-state index contributed by atoms with van der Waals surface area (Å²) in [5, 5.41) is 9.40. The summed E-state index contributed by atoms with van der Waals surface area (Å²) < 4.78 is 5.73. The van der Waals surface area contributed by atoms with Gasteiger partial charge in [0, 0.05) is 17.1 Å². The molecule has 0 aliphatic rings. The molecule has 2 aromatic rings. The van der Waals surface area contributed by atoms with E-state index in [0.717, 1.165) is 27.8 Å². The van der Waals surface area contributed by atoms with Crippen LogP contribution in [0, 0.1) is 18.3 Å². The van der Waals surface area contributed by atoms with Gasteiger partial charge in [-0.2, -0.15) is 5.26 Å². The second kappa shape index (κ2) is 6.35. The van der Waals surface area contributed by atoms with Gasteiger partial charge in [-0.05, 0) is 36.2 Å². The quantitative estimate of drug-likeness (QED) is 0.796. The molecular formula is C15H13BrN2O. The maximum Gasteiger partial charge on any atom is 0.222 e. The highest BCUT2D eigenvalue weighted by molar-refractivity contribution is 9.08. The summed E-state index contributed by atoms with van der Waals surface area (Å²) in [4.78, 5) is 4.30. The van der Waals surface area contributed by atoms with Gasteiger partial charge in [-0.15, -0.1) is 0 Å². The molecule has 0 aliphatic carbocycles. The number of aryl methyl sites for hydroxylation is 1. The van der Waals surface area contributed by atoms with Crippen molar-refractivity contribution >= 4 is 15.9 Å². The van der Waals surface area contributed by atoms with Gasteiger partial charge in [-0.1, -0.05) is 28.1 Å². The molecule has 96 valence electrons. The van der Waals surface area contributed by atoms with Gasteiger partial charge < -0.3 is 4.74 Å². The van der Waals surface area contributed by atoms with E-state index in [0.29, 0.717) is 12.3 Å². The molecular weight excluding hydrogens is 304 g/mol. The number of rotatable bonds is 4. The second-order valence-corrected chi connectivity index (χ2v) is 4.74. The van der Waals surface area contributed by atoms with Gasteiger partial charge in [-0.3, -0.25) is 0 Å². The molecule has 0 saturated carbocycles. The topological polar surface area (TPSA) is 45.9 Å². The minimum Gasteiger partial charge on any atom is -0.439 e. The minimum absolute atomic E-state index is 0.414. The lowest BCUT2D eigenvalue weighted by atomic mass is 10.2. The molecule has 0 spiro atoms. The Balaban J connectivity index is 2.15. The zero-order valence-corrected chi connectivity index (χ0v) is 12.1. The zero-order chi connectivity index (χ0) is 13.7. The van der Waals surface area contributed by atoms with E-state index in [1.807, 2.05) is 37.3 Å². The van der Waals surface area contributed by atoms with Crippen molar-refractivity contribution < 1.29 is 4.74 Å². The van der Waals surface area contributed by atoms with Crippen LogP contribution in [0.1, 0.15) is 16.7 Å². The molecule has 0 N–H and O–H groups in total. The summed E-state index contributed by atoms with van der Waals surface area (Å²) in [7, 11) is 0. The molecule has 0 fully saturated rings. The lowest BCUT2D eigenvalue weighted by Crippen LogP contribution is -1.93. The molecule has 4 heteroatoms. The van der Waals surface area contributed by atoms with Gasteiger partial charge in [-0.25, -0.2) is 4.98 Å². The number of nitrogens with zero attached hydrogens (tertiary/aromatic N) is 2. The first kappa shape index (κ1) is 13.6. The number of alkyl halides is 1. The van der Waals surface area contributed by atoms with Gasteiger partial charge in [0.15, 0.2) is 0 Å². The Kier molecular flexibility index (Phi) is 4.53. The summed E-state index contributed by atoms with van der Waals surface area (Å²) in [6, 6.07) is 11.6. The van der Waals surface area contributed by atoms with Crippen LogP contribution in [-0.2, 0) is 11.8 Å². The number of hydrogen-bond donors (Lipinski definition) is 0. The average molecular weight is 317 g/mol. The number of aromatic nitrogens is 1. The Hall–Kier alpha value is -1.86. The van der Waals surface area contributed by atoms with Crippen LogP contribution in [0.3, 0.4) is 0 Å². The van der Waals surface area contributed by atoms with E-state index in [9.17, 15) is 0 Å². The van der Waals surface area contributed by atoms with Crippen LogP contribution >= 0.6 is 15.9 Å². The van der Waals surface area contributed by atoms with Crippen LogP contribution in [0.25, 0.3) is 0 Å². The monoisotopic (exact) mass is 316 g/mol. The number of nitriles is 1. The molecule has 2 rings (SSSR count). The molecule has 0 bridgehead atoms. The minimum atomic E-state index is 0.414. The summed E-state index contributed by atoms with van der Waals surface area (Å²) in [6.07, 6.45) is 2.21. The Bertz CT molecular complexity index is 603. The summed E-state index contributed by atoms with van der Waals surface area (Å²) in [5.74, 6) is 1.33. The van der Waals surface area contributed by atoms with E-state index in [1.165, 1.54) is 0 Å². The fourth-order valence-electron chi connectivity index (χ4n) is 1.68. The van der Waals surface area contributed by atoms with Gasteiger partial charge >= 0.3 is 0 Å². The molecule has 0 unspecified atom stereocenters. The Morgan fingerprint density at radius 3 is 2.58 bits per heavy atom. The molecule has 0 saturated heterocycles. The predicted octanol–water partition coefficient (Wildman–Crippen LogP) is 4.14. The number of benzene rings is 1. The normalized spacial score (nSPS) is 9.95. The largest absolute Gasteiger partial charge is 0.439 e. The van der Waals surface area contributed by atoms with E-state index in [1.54, 1.807) is 6.20 Å². The standard InChI is InChI=1S/C15H13BrN2O/c1-11-8-13(9-16)10-18-15(11)19-14-4-2-12(3-5-14)6-7-17/h2-5,8,10H,6,9H2,1H3. The highest BCUT2D eigenvalue weighted by Crippen LogP contribution is 2.24. The van der Waals surface area contributed by atoms with E-state index >= 15 is 0 Å². The molecule has 19 heavy (non-hydrogen) atoms. The van der Waals surface area contributed by atoms with Crippen molar-refractivity contribution in [2.24, 2.45) is 0 Å². The lowest BCUT2D eigenvalue weighted by molar-refractivity contribution is 0.458. The van der Waals surface area contributed by atoms with Crippen LogP contribution in [-0.4, -0.2) is 4.98 Å². The van der Waals surface area contributed by atoms with Crippen molar-refractivity contribution in [1.29, 1.82) is 5.26 Å². The van der Waals surface area contributed by atoms with Crippen molar-refractivity contribution in [3.8, 4) is 17.7 Å².